The minimum Gasteiger partial charge on any atom is -0.308 e. The lowest BCUT2D eigenvalue weighted by molar-refractivity contribution is 0.0587. The second-order valence-electron chi connectivity index (χ2n) is 7.04. The Morgan fingerprint density at radius 3 is 2.62 bits per heavy atom. The van der Waals surface area contributed by atoms with Crippen LogP contribution in [0.15, 0.2) is 48.5 Å². The van der Waals surface area contributed by atoms with Gasteiger partial charge in [0.25, 0.3) is 5.91 Å². The molecule has 0 spiro atoms. The third-order valence-corrected chi connectivity index (χ3v) is 6.10. The lowest BCUT2D eigenvalue weighted by Crippen LogP contribution is -2.48. The first-order valence-electron chi connectivity index (χ1n) is 8.69. The van der Waals surface area contributed by atoms with Crippen molar-refractivity contribution in [3.8, 4) is 0 Å². The molecule has 3 nitrogen and oxygen atoms in total. The van der Waals surface area contributed by atoms with Gasteiger partial charge in [0, 0.05) is 28.2 Å². The number of halogens is 1. The SMILES string of the molecule is O=C1c2ccccc2C2(c3ccc(Cl)cc3)N[C@@H]3CCCC[C@@H]3N12. The molecule has 2 heterocycles. The Balaban J connectivity index is 1.76. The molecular formula is C20H19ClN2O. The maximum Gasteiger partial charge on any atom is 0.256 e. The molecule has 1 aliphatic carbocycles. The number of carbonyl (C=O) groups is 1. The highest BCUT2D eigenvalue weighted by Crippen LogP contribution is 2.50. The Bertz CT molecular complexity index is 819. The van der Waals surface area contributed by atoms with Gasteiger partial charge in [-0.15, -0.1) is 0 Å². The largest absolute Gasteiger partial charge is 0.308 e. The molecule has 1 saturated carbocycles. The standard InChI is InChI=1S/C20H19ClN2O/c21-14-11-9-13(10-12-14)20-16-6-2-1-5-15(16)19(24)23(20)18-8-4-3-7-17(18)22-20/h1-2,5-6,9-12,17-18,22H,3-4,7-8H2/t17-,18+,20?/m1/s1. The average molecular weight is 339 g/mol. The van der Waals surface area contributed by atoms with Gasteiger partial charge in [0.05, 0.1) is 0 Å². The fraction of sp³-hybridized carbons (Fsp3) is 0.350. The summed E-state index contributed by atoms with van der Waals surface area (Å²) in [5.74, 6) is 0.155. The molecule has 0 aromatic heterocycles. The molecule has 1 N–H and O–H groups in total. The molecule has 1 amide bonds. The van der Waals surface area contributed by atoms with E-state index in [-0.39, 0.29) is 11.9 Å². The van der Waals surface area contributed by atoms with Crippen molar-refractivity contribution < 1.29 is 4.79 Å². The Labute approximate surface area is 146 Å². The second-order valence-corrected chi connectivity index (χ2v) is 7.48. The van der Waals surface area contributed by atoms with Crippen molar-refractivity contribution >= 4 is 17.5 Å². The van der Waals surface area contributed by atoms with Crippen LogP contribution in [0.4, 0.5) is 0 Å². The van der Waals surface area contributed by atoms with Crippen LogP contribution in [-0.4, -0.2) is 22.9 Å². The number of hydrogen-bond donors (Lipinski definition) is 1. The van der Waals surface area contributed by atoms with Crippen LogP contribution in [0.1, 0.15) is 47.2 Å². The highest BCUT2D eigenvalue weighted by atomic mass is 35.5. The lowest BCUT2D eigenvalue weighted by Gasteiger charge is -2.36. The maximum absolute atomic E-state index is 13.2. The molecular weight excluding hydrogens is 320 g/mol. The van der Waals surface area contributed by atoms with Crippen LogP contribution in [0.2, 0.25) is 5.02 Å². The third-order valence-electron chi connectivity index (χ3n) is 5.84. The van der Waals surface area contributed by atoms with Crippen molar-refractivity contribution in [1.29, 1.82) is 0 Å². The average Bonchev–Trinajstić information content (AvgIpc) is 3.08. The first kappa shape index (κ1) is 14.5. The summed E-state index contributed by atoms with van der Waals surface area (Å²) in [6.07, 6.45) is 4.63. The van der Waals surface area contributed by atoms with Gasteiger partial charge in [-0.2, -0.15) is 0 Å². The van der Waals surface area contributed by atoms with E-state index >= 15 is 0 Å². The van der Waals surface area contributed by atoms with Crippen molar-refractivity contribution in [3.63, 3.8) is 0 Å². The van der Waals surface area contributed by atoms with Crippen molar-refractivity contribution in [2.45, 2.75) is 43.4 Å². The Hall–Kier alpha value is -1.84. The fourth-order valence-electron chi connectivity index (χ4n) is 4.87. The highest BCUT2D eigenvalue weighted by molar-refractivity contribution is 6.30. The highest BCUT2D eigenvalue weighted by Gasteiger charge is 2.60. The van der Waals surface area contributed by atoms with E-state index in [0.717, 1.165) is 34.6 Å². The molecule has 0 bridgehead atoms. The van der Waals surface area contributed by atoms with Gasteiger partial charge in [-0.25, -0.2) is 0 Å². The van der Waals surface area contributed by atoms with E-state index in [1.54, 1.807) is 0 Å². The van der Waals surface area contributed by atoms with Crippen LogP contribution >= 0.6 is 11.6 Å². The Kier molecular flexibility index (Phi) is 3.07. The van der Waals surface area contributed by atoms with Crippen molar-refractivity contribution in [2.24, 2.45) is 0 Å². The predicted molar refractivity (Wildman–Crippen MR) is 94.0 cm³/mol. The number of fused-ring (bicyclic) bond motifs is 5. The molecule has 24 heavy (non-hydrogen) atoms. The molecule has 5 rings (SSSR count). The van der Waals surface area contributed by atoms with Gasteiger partial charge in [-0.1, -0.05) is 54.8 Å². The first-order chi connectivity index (χ1) is 11.7. The molecule has 122 valence electrons. The van der Waals surface area contributed by atoms with E-state index in [2.05, 4.69) is 28.4 Å². The van der Waals surface area contributed by atoms with E-state index in [4.69, 9.17) is 11.6 Å². The monoisotopic (exact) mass is 338 g/mol. The van der Waals surface area contributed by atoms with E-state index < -0.39 is 5.66 Å². The summed E-state index contributed by atoms with van der Waals surface area (Å²) in [5, 5.41) is 4.57. The van der Waals surface area contributed by atoms with Crippen molar-refractivity contribution in [1.82, 2.24) is 10.2 Å². The van der Waals surface area contributed by atoms with E-state index in [0.29, 0.717) is 6.04 Å². The summed E-state index contributed by atoms with van der Waals surface area (Å²) in [5.41, 5.74) is 2.45. The van der Waals surface area contributed by atoms with Gasteiger partial charge in [0.2, 0.25) is 0 Å². The van der Waals surface area contributed by atoms with E-state index in [1.807, 2.05) is 30.3 Å². The van der Waals surface area contributed by atoms with Gasteiger partial charge >= 0.3 is 0 Å². The first-order valence-corrected chi connectivity index (χ1v) is 9.06. The molecule has 2 fully saturated rings. The minimum absolute atomic E-state index is 0.155. The molecule has 0 radical (unpaired) electrons. The van der Waals surface area contributed by atoms with E-state index in [1.165, 1.54) is 12.8 Å². The molecule has 1 unspecified atom stereocenters. The number of nitrogens with zero attached hydrogens (tertiary/aromatic N) is 1. The van der Waals surface area contributed by atoms with Gasteiger partial charge in [-0.05, 0) is 36.6 Å². The number of amides is 1. The predicted octanol–water partition coefficient (Wildman–Crippen LogP) is 3.91. The quantitative estimate of drug-likeness (QED) is 0.855. The van der Waals surface area contributed by atoms with E-state index in [9.17, 15) is 4.79 Å². The summed E-state index contributed by atoms with van der Waals surface area (Å²) >= 11 is 6.11. The Morgan fingerprint density at radius 1 is 1.04 bits per heavy atom. The number of nitrogens with one attached hydrogen (secondary N) is 1. The zero-order valence-electron chi connectivity index (χ0n) is 13.3. The van der Waals surface area contributed by atoms with Crippen LogP contribution in [-0.2, 0) is 5.66 Å². The Morgan fingerprint density at radius 2 is 1.79 bits per heavy atom. The molecule has 2 aromatic carbocycles. The summed E-state index contributed by atoms with van der Waals surface area (Å²) < 4.78 is 0. The molecule has 1 saturated heterocycles. The van der Waals surface area contributed by atoms with Gasteiger partial charge in [-0.3, -0.25) is 10.1 Å². The number of hydrogen-bond acceptors (Lipinski definition) is 2. The van der Waals surface area contributed by atoms with Crippen molar-refractivity contribution in [3.05, 3.63) is 70.2 Å². The summed E-state index contributed by atoms with van der Waals surface area (Å²) in [6, 6.07) is 16.6. The molecule has 3 aliphatic rings. The van der Waals surface area contributed by atoms with Crippen LogP contribution in [0.5, 0.6) is 0 Å². The second kappa shape index (κ2) is 5.08. The number of benzene rings is 2. The van der Waals surface area contributed by atoms with Gasteiger partial charge in [0.1, 0.15) is 5.66 Å². The summed E-state index contributed by atoms with van der Waals surface area (Å²) in [6.45, 7) is 0. The minimum atomic E-state index is -0.544. The molecule has 2 aliphatic heterocycles. The van der Waals surface area contributed by atoms with Crippen molar-refractivity contribution in [2.75, 3.05) is 0 Å². The fourth-order valence-corrected chi connectivity index (χ4v) is 5.00. The van der Waals surface area contributed by atoms with Gasteiger partial charge in [0.15, 0.2) is 0 Å². The summed E-state index contributed by atoms with van der Waals surface area (Å²) in [4.78, 5) is 15.4. The molecule has 4 heteroatoms. The smallest absolute Gasteiger partial charge is 0.256 e. The zero-order valence-corrected chi connectivity index (χ0v) is 14.1. The zero-order chi connectivity index (χ0) is 16.3. The normalized spacial score (nSPS) is 30.9. The lowest BCUT2D eigenvalue weighted by atomic mass is 9.90. The molecule has 3 atom stereocenters. The number of rotatable bonds is 1. The van der Waals surface area contributed by atoms with Crippen LogP contribution in [0.25, 0.3) is 0 Å². The third kappa shape index (κ3) is 1.74. The van der Waals surface area contributed by atoms with Crippen LogP contribution in [0, 0.1) is 0 Å². The van der Waals surface area contributed by atoms with Crippen LogP contribution < -0.4 is 5.32 Å². The number of carbonyl (C=O) groups excluding carboxylic acids is 1. The maximum atomic E-state index is 13.2. The topological polar surface area (TPSA) is 32.3 Å². The van der Waals surface area contributed by atoms with Crippen LogP contribution in [0.3, 0.4) is 0 Å². The van der Waals surface area contributed by atoms with Gasteiger partial charge < -0.3 is 4.90 Å². The molecule has 2 aromatic rings. The summed E-state index contributed by atoms with van der Waals surface area (Å²) in [7, 11) is 0.